The summed E-state index contributed by atoms with van der Waals surface area (Å²) < 4.78 is 7.32. The number of hydrogen-bond acceptors (Lipinski definition) is 4. The molecule has 0 aliphatic rings. The summed E-state index contributed by atoms with van der Waals surface area (Å²) in [6, 6.07) is 13.2. The molecule has 3 aromatic rings. The number of ether oxygens (including phenoxy) is 1. The molecule has 3 rings (SSSR count). The van der Waals surface area contributed by atoms with Gasteiger partial charge < -0.3 is 9.64 Å². The van der Waals surface area contributed by atoms with E-state index in [0.717, 1.165) is 16.9 Å². The van der Waals surface area contributed by atoms with Gasteiger partial charge in [0.1, 0.15) is 18.9 Å². The van der Waals surface area contributed by atoms with Crippen LogP contribution in [-0.4, -0.2) is 40.8 Å². The Bertz CT molecular complexity index is 1010. The molecule has 0 fully saturated rings. The van der Waals surface area contributed by atoms with Gasteiger partial charge in [-0.05, 0) is 49.2 Å². The van der Waals surface area contributed by atoms with Crippen LogP contribution >= 0.6 is 0 Å². The molecule has 0 bridgehead atoms. The summed E-state index contributed by atoms with van der Waals surface area (Å²) in [6.07, 6.45) is 1.25. The van der Waals surface area contributed by atoms with E-state index < -0.39 is 0 Å². The van der Waals surface area contributed by atoms with E-state index in [4.69, 9.17) is 4.74 Å². The van der Waals surface area contributed by atoms with Crippen molar-refractivity contribution in [1.29, 1.82) is 0 Å². The van der Waals surface area contributed by atoms with E-state index in [1.165, 1.54) is 6.20 Å². The van der Waals surface area contributed by atoms with Gasteiger partial charge in [0.2, 0.25) is 11.3 Å². The third-order valence-corrected chi connectivity index (χ3v) is 4.36. The van der Waals surface area contributed by atoms with Gasteiger partial charge in [0.25, 0.3) is 0 Å². The fraction of sp³-hybridized carbons (Fsp3) is 0.286. The minimum atomic E-state index is -0.149. The number of aromatic nitrogens is 2. The van der Waals surface area contributed by atoms with Crippen molar-refractivity contribution in [2.75, 3.05) is 20.2 Å². The van der Waals surface area contributed by atoms with Crippen LogP contribution in [0, 0.1) is 13.8 Å². The maximum Gasteiger partial charge on any atom is 0.244 e. The smallest absolute Gasteiger partial charge is 0.244 e. The molecule has 2 aromatic carbocycles. The molecule has 0 aliphatic heterocycles. The lowest BCUT2D eigenvalue weighted by atomic mass is 10.1. The minimum absolute atomic E-state index is 0.0703. The number of aryl methyl sites for hydroxylation is 2. The fourth-order valence-electron chi connectivity index (χ4n) is 2.98. The molecule has 0 radical (unpaired) electrons. The average molecular weight is 365 g/mol. The van der Waals surface area contributed by atoms with Gasteiger partial charge in [0.05, 0.1) is 18.3 Å². The van der Waals surface area contributed by atoms with Crippen LogP contribution in [0.3, 0.4) is 0 Å². The Hall–Kier alpha value is -3.15. The highest BCUT2D eigenvalue weighted by molar-refractivity contribution is 5.81. The van der Waals surface area contributed by atoms with Gasteiger partial charge in [-0.3, -0.25) is 14.3 Å². The highest BCUT2D eigenvalue weighted by Gasteiger charge is 2.12. The Morgan fingerprint density at radius 2 is 1.85 bits per heavy atom. The van der Waals surface area contributed by atoms with E-state index in [2.05, 4.69) is 11.2 Å². The molecule has 1 heterocycles. The number of carbonyl (C=O) groups is 1. The third kappa shape index (κ3) is 4.53. The molecule has 1 amide bonds. The van der Waals surface area contributed by atoms with Crippen LogP contribution in [0.15, 0.2) is 53.5 Å². The van der Waals surface area contributed by atoms with E-state index in [1.807, 2.05) is 32.0 Å². The molecular weight excluding hydrogens is 342 g/mol. The molecule has 0 N–H and O–H groups in total. The van der Waals surface area contributed by atoms with Gasteiger partial charge in [-0.15, -0.1) is 0 Å². The van der Waals surface area contributed by atoms with Crippen molar-refractivity contribution in [3.63, 3.8) is 0 Å². The van der Waals surface area contributed by atoms with Crippen molar-refractivity contribution in [1.82, 2.24) is 14.7 Å². The van der Waals surface area contributed by atoms with Crippen molar-refractivity contribution < 1.29 is 9.53 Å². The predicted octanol–water partition coefficient (Wildman–Crippen LogP) is 2.55. The van der Waals surface area contributed by atoms with Gasteiger partial charge in [-0.1, -0.05) is 18.2 Å². The zero-order valence-electron chi connectivity index (χ0n) is 15.8. The molecule has 0 aliphatic carbocycles. The molecule has 6 nitrogen and oxygen atoms in total. The Labute approximate surface area is 158 Å². The zero-order valence-corrected chi connectivity index (χ0v) is 15.8. The number of rotatable bonds is 6. The lowest BCUT2D eigenvalue weighted by Crippen LogP contribution is -2.34. The second kappa shape index (κ2) is 8.03. The maximum atomic E-state index is 12.5. The monoisotopic (exact) mass is 365 g/mol. The van der Waals surface area contributed by atoms with Crippen LogP contribution in [0.5, 0.6) is 5.75 Å². The largest absolute Gasteiger partial charge is 0.492 e. The molecule has 27 heavy (non-hydrogen) atoms. The molecule has 1 aromatic heterocycles. The van der Waals surface area contributed by atoms with Crippen molar-refractivity contribution in [2.24, 2.45) is 0 Å². The molecule has 0 saturated heterocycles. The maximum absolute atomic E-state index is 12.5. The number of benzene rings is 2. The highest BCUT2D eigenvalue weighted by atomic mass is 16.5. The van der Waals surface area contributed by atoms with E-state index in [0.29, 0.717) is 24.1 Å². The van der Waals surface area contributed by atoms with Crippen molar-refractivity contribution in [3.8, 4) is 5.75 Å². The molecule has 0 spiro atoms. The third-order valence-electron chi connectivity index (χ3n) is 4.36. The van der Waals surface area contributed by atoms with Crippen LogP contribution in [0.4, 0.5) is 0 Å². The summed E-state index contributed by atoms with van der Waals surface area (Å²) in [6.45, 7) is 4.99. The summed E-state index contributed by atoms with van der Waals surface area (Å²) in [5.74, 6) is 0.710. The van der Waals surface area contributed by atoms with Crippen LogP contribution in [0.1, 0.15) is 11.1 Å². The first-order valence-corrected chi connectivity index (χ1v) is 8.84. The highest BCUT2D eigenvalue weighted by Crippen LogP contribution is 2.16. The summed E-state index contributed by atoms with van der Waals surface area (Å²) >= 11 is 0. The Morgan fingerprint density at radius 1 is 1.15 bits per heavy atom. The topological polar surface area (TPSA) is 64.4 Å². The van der Waals surface area contributed by atoms with Crippen LogP contribution in [-0.2, 0) is 11.3 Å². The SMILES string of the molecule is Cc1cc(C)cc(OCCN(C)C(=O)Cn2ncc(=O)c3ccccc32)c1. The number of fused-ring (bicyclic) bond motifs is 1. The van der Waals surface area contributed by atoms with Crippen molar-refractivity contribution >= 4 is 16.8 Å². The average Bonchev–Trinajstić information content (AvgIpc) is 2.63. The number of amides is 1. The summed E-state index contributed by atoms with van der Waals surface area (Å²) in [5.41, 5.74) is 2.79. The molecule has 140 valence electrons. The molecule has 0 saturated carbocycles. The molecule has 0 atom stereocenters. The lowest BCUT2D eigenvalue weighted by molar-refractivity contribution is -0.131. The second-order valence-corrected chi connectivity index (χ2v) is 6.67. The Morgan fingerprint density at radius 3 is 2.59 bits per heavy atom. The van der Waals surface area contributed by atoms with Crippen molar-refractivity contribution in [2.45, 2.75) is 20.4 Å². The van der Waals surface area contributed by atoms with Gasteiger partial charge in [-0.2, -0.15) is 5.10 Å². The fourth-order valence-corrected chi connectivity index (χ4v) is 2.98. The zero-order chi connectivity index (χ0) is 19.4. The van der Waals surface area contributed by atoms with Crippen LogP contribution < -0.4 is 10.2 Å². The minimum Gasteiger partial charge on any atom is -0.492 e. The van der Waals surface area contributed by atoms with Gasteiger partial charge in [0.15, 0.2) is 0 Å². The molecular formula is C21H23N3O3. The summed E-state index contributed by atoms with van der Waals surface area (Å²) in [4.78, 5) is 26.0. The number of para-hydroxylation sites is 1. The normalized spacial score (nSPS) is 10.8. The van der Waals surface area contributed by atoms with Gasteiger partial charge in [-0.25, -0.2) is 0 Å². The van der Waals surface area contributed by atoms with E-state index in [-0.39, 0.29) is 17.9 Å². The molecule has 6 heteroatoms. The summed E-state index contributed by atoms with van der Waals surface area (Å²) in [5, 5.41) is 4.66. The summed E-state index contributed by atoms with van der Waals surface area (Å²) in [7, 11) is 1.73. The molecule has 0 unspecified atom stereocenters. The van der Waals surface area contributed by atoms with E-state index >= 15 is 0 Å². The number of carbonyl (C=O) groups excluding carboxylic acids is 1. The van der Waals surface area contributed by atoms with E-state index in [9.17, 15) is 9.59 Å². The lowest BCUT2D eigenvalue weighted by Gasteiger charge is -2.19. The quantitative estimate of drug-likeness (QED) is 0.673. The van der Waals surface area contributed by atoms with Crippen LogP contribution in [0.2, 0.25) is 0 Å². The first-order chi connectivity index (χ1) is 12.9. The van der Waals surface area contributed by atoms with Gasteiger partial charge >= 0.3 is 0 Å². The number of nitrogens with zero attached hydrogens (tertiary/aromatic N) is 3. The Kier molecular flexibility index (Phi) is 5.54. The number of likely N-dealkylation sites (N-methyl/N-ethyl adjacent to an activating group) is 1. The Balaban J connectivity index is 1.61. The number of hydrogen-bond donors (Lipinski definition) is 0. The second-order valence-electron chi connectivity index (χ2n) is 6.67. The standard InChI is InChI=1S/C21H23N3O3/c1-15-10-16(2)12-17(11-15)27-9-8-23(3)21(26)14-24-19-7-5-4-6-18(19)20(25)13-22-24/h4-7,10-13H,8-9,14H2,1-3H3. The van der Waals surface area contributed by atoms with E-state index in [1.54, 1.807) is 34.8 Å². The van der Waals surface area contributed by atoms with Crippen molar-refractivity contribution in [3.05, 3.63) is 70.0 Å². The first kappa shape index (κ1) is 18.6. The first-order valence-electron chi connectivity index (χ1n) is 8.84. The van der Waals surface area contributed by atoms with Gasteiger partial charge in [0, 0.05) is 12.4 Å². The van der Waals surface area contributed by atoms with Crippen LogP contribution in [0.25, 0.3) is 10.9 Å². The predicted molar refractivity (Wildman–Crippen MR) is 105 cm³/mol.